The maximum absolute atomic E-state index is 9.45. The van der Waals surface area contributed by atoms with Crippen molar-refractivity contribution in [2.75, 3.05) is 33.3 Å². The largest absolute Gasteiger partial charge is 0.497 e. The van der Waals surface area contributed by atoms with Crippen LogP contribution in [0.4, 0.5) is 0 Å². The Bertz CT molecular complexity index is 452. The highest BCUT2D eigenvalue weighted by molar-refractivity contribution is 9.10. The number of nitrogens with one attached hydrogen (secondary N) is 1. The normalized spacial score (nSPS) is 18.1. The lowest BCUT2D eigenvalue weighted by atomic mass is 10.1. The molecule has 1 aromatic rings. The second-order valence-corrected chi connectivity index (χ2v) is 5.06. The van der Waals surface area contributed by atoms with Crippen LogP contribution in [0.25, 0.3) is 0 Å². The first-order valence-electron chi connectivity index (χ1n) is 5.94. The summed E-state index contributed by atoms with van der Waals surface area (Å²) in [5.41, 5.74) is 0.971. The number of halogens is 1. The zero-order valence-electron chi connectivity index (χ0n) is 10.3. The molecule has 1 aromatic carbocycles. The second-order valence-electron chi connectivity index (χ2n) is 4.21. The van der Waals surface area contributed by atoms with Crippen LogP contribution in [0.2, 0.25) is 0 Å². The van der Waals surface area contributed by atoms with Gasteiger partial charge in [-0.3, -0.25) is 4.90 Å². The van der Waals surface area contributed by atoms with Gasteiger partial charge in [0.05, 0.1) is 13.2 Å². The fourth-order valence-electron chi connectivity index (χ4n) is 2.15. The van der Waals surface area contributed by atoms with Crippen LogP contribution in [0.3, 0.4) is 0 Å². The van der Waals surface area contributed by atoms with Gasteiger partial charge in [0, 0.05) is 36.2 Å². The molecule has 2 rings (SSSR count). The third-order valence-corrected chi connectivity index (χ3v) is 3.86. The van der Waals surface area contributed by atoms with Crippen molar-refractivity contribution in [3.63, 3.8) is 0 Å². The van der Waals surface area contributed by atoms with Gasteiger partial charge in [-0.15, -0.1) is 0 Å². The highest BCUT2D eigenvalue weighted by atomic mass is 79.9. The van der Waals surface area contributed by atoms with Gasteiger partial charge in [0.15, 0.2) is 0 Å². The molecule has 0 aliphatic carbocycles. The summed E-state index contributed by atoms with van der Waals surface area (Å²) < 4.78 is 6.18. The van der Waals surface area contributed by atoms with Gasteiger partial charge >= 0.3 is 0 Å². The maximum atomic E-state index is 9.45. The Morgan fingerprint density at radius 2 is 2.17 bits per heavy atom. The molecular weight excluding hydrogens is 294 g/mol. The quantitative estimate of drug-likeness (QED) is 0.927. The first-order chi connectivity index (χ1) is 8.76. The molecule has 4 nitrogen and oxygen atoms in total. The SMILES string of the molecule is COc1ccc(Br)c(C(C#N)N2CCNCC2)c1. The van der Waals surface area contributed by atoms with Crippen LogP contribution < -0.4 is 10.1 Å². The molecule has 0 bridgehead atoms. The van der Waals surface area contributed by atoms with Crippen LogP contribution in [-0.4, -0.2) is 38.2 Å². The van der Waals surface area contributed by atoms with E-state index in [0.717, 1.165) is 42.0 Å². The zero-order valence-corrected chi connectivity index (χ0v) is 11.9. The number of ether oxygens (including phenoxy) is 1. The molecule has 0 radical (unpaired) electrons. The third kappa shape index (κ3) is 2.83. The van der Waals surface area contributed by atoms with Crippen LogP contribution in [0.1, 0.15) is 11.6 Å². The van der Waals surface area contributed by atoms with Crippen LogP contribution in [0, 0.1) is 11.3 Å². The Kier molecular flexibility index (Phi) is 4.59. The molecule has 1 saturated heterocycles. The van der Waals surface area contributed by atoms with E-state index in [4.69, 9.17) is 4.74 Å². The topological polar surface area (TPSA) is 48.3 Å². The van der Waals surface area contributed by atoms with E-state index >= 15 is 0 Å². The number of hydrogen-bond acceptors (Lipinski definition) is 4. The van der Waals surface area contributed by atoms with E-state index in [1.54, 1.807) is 7.11 Å². The Labute approximate surface area is 116 Å². The summed E-state index contributed by atoms with van der Waals surface area (Å²) in [5, 5.41) is 12.7. The Morgan fingerprint density at radius 1 is 1.44 bits per heavy atom. The van der Waals surface area contributed by atoms with Crippen molar-refractivity contribution in [2.45, 2.75) is 6.04 Å². The molecule has 0 amide bonds. The van der Waals surface area contributed by atoms with E-state index in [0.29, 0.717) is 0 Å². The van der Waals surface area contributed by atoms with Gasteiger partial charge in [-0.05, 0) is 18.2 Å². The summed E-state index contributed by atoms with van der Waals surface area (Å²) in [6, 6.07) is 7.92. The maximum Gasteiger partial charge on any atom is 0.125 e. The minimum Gasteiger partial charge on any atom is -0.497 e. The van der Waals surface area contributed by atoms with Crippen molar-refractivity contribution in [3.05, 3.63) is 28.2 Å². The molecule has 1 unspecified atom stereocenters. The highest BCUT2D eigenvalue weighted by Gasteiger charge is 2.23. The van der Waals surface area contributed by atoms with Crippen molar-refractivity contribution in [1.29, 1.82) is 5.26 Å². The van der Waals surface area contributed by atoms with E-state index in [9.17, 15) is 5.26 Å². The Balaban J connectivity index is 2.29. The van der Waals surface area contributed by atoms with E-state index in [-0.39, 0.29) is 6.04 Å². The monoisotopic (exact) mass is 309 g/mol. The van der Waals surface area contributed by atoms with Crippen molar-refractivity contribution in [2.24, 2.45) is 0 Å². The fourth-order valence-corrected chi connectivity index (χ4v) is 2.61. The predicted octanol–water partition coefficient (Wildman–Crippen LogP) is 1.93. The van der Waals surface area contributed by atoms with Crippen LogP contribution in [0.15, 0.2) is 22.7 Å². The van der Waals surface area contributed by atoms with Gasteiger partial charge in [-0.1, -0.05) is 15.9 Å². The molecule has 1 N–H and O–H groups in total. The number of piperazine rings is 1. The summed E-state index contributed by atoms with van der Waals surface area (Å²) in [5.74, 6) is 0.781. The Hall–Kier alpha value is -1.09. The molecule has 5 heteroatoms. The van der Waals surface area contributed by atoms with Gasteiger partial charge in [-0.2, -0.15) is 5.26 Å². The molecule has 1 aliphatic rings. The minimum atomic E-state index is -0.225. The molecule has 0 spiro atoms. The van der Waals surface area contributed by atoms with Gasteiger partial charge in [0.2, 0.25) is 0 Å². The van der Waals surface area contributed by atoms with Crippen molar-refractivity contribution < 1.29 is 4.74 Å². The molecule has 96 valence electrons. The number of nitrogens with zero attached hydrogens (tertiary/aromatic N) is 2. The molecule has 1 atom stereocenters. The van der Waals surface area contributed by atoms with Gasteiger partial charge < -0.3 is 10.1 Å². The fraction of sp³-hybridized carbons (Fsp3) is 0.462. The summed E-state index contributed by atoms with van der Waals surface area (Å²) in [7, 11) is 1.64. The van der Waals surface area contributed by atoms with Gasteiger partial charge in [0.1, 0.15) is 11.8 Å². The standard InChI is InChI=1S/C13H16BrN3O/c1-18-10-2-3-12(14)11(8-10)13(9-15)17-6-4-16-5-7-17/h2-3,8,13,16H,4-7H2,1H3. The number of rotatable bonds is 3. The number of nitriles is 1. The van der Waals surface area contributed by atoms with E-state index in [1.165, 1.54) is 0 Å². The molecular formula is C13H16BrN3O. The average molecular weight is 310 g/mol. The summed E-state index contributed by atoms with van der Waals surface area (Å²) in [6.07, 6.45) is 0. The van der Waals surface area contributed by atoms with Crippen molar-refractivity contribution in [1.82, 2.24) is 10.2 Å². The molecule has 1 aliphatic heterocycles. The molecule has 1 heterocycles. The second kappa shape index (κ2) is 6.19. The lowest BCUT2D eigenvalue weighted by molar-refractivity contribution is 0.207. The number of methoxy groups -OCH3 is 1. The van der Waals surface area contributed by atoms with Crippen LogP contribution in [-0.2, 0) is 0 Å². The summed E-state index contributed by atoms with van der Waals surface area (Å²) in [4.78, 5) is 2.19. The first-order valence-corrected chi connectivity index (χ1v) is 6.73. The lowest BCUT2D eigenvalue weighted by Gasteiger charge is -2.31. The number of hydrogen-bond donors (Lipinski definition) is 1. The summed E-state index contributed by atoms with van der Waals surface area (Å²) >= 11 is 3.52. The third-order valence-electron chi connectivity index (χ3n) is 3.14. The van der Waals surface area contributed by atoms with Crippen LogP contribution >= 0.6 is 15.9 Å². The van der Waals surface area contributed by atoms with Gasteiger partial charge in [-0.25, -0.2) is 0 Å². The van der Waals surface area contributed by atoms with Crippen LogP contribution in [0.5, 0.6) is 5.75 Å². The summed E-state index contributed by atoms with van der Waals surface area (Å²) in [6.45, 7) is 3.64. The van der Waals surface area contributed by atoms with Gasteiger partial charge in [0.25, 0.3) is 0 Å². The highest BCUT2D eigenvalue weighted by Crippen LogP contribution is 2.31. The van der Waals surface area contributed by atoms with E-state index in [1.807, 2.05) is 18.2 Å². The predicted molar refractivity (Wildman–Crippen MR) is 73.5 cm³/mol. The minimum absolute atomic E-state index is 0.225. The van der Waals surface area contributed by atoms with E-state index < -0.39 is 0 Å². The Morgan fingerprint density at radius 3 is 2.78 bits per heavy atom. The van der Waals surface area contributed by atoms with Crippen molar-refractivity contribution in [3.8, 4) is 11.8 Å². The molecule has 0 saturated carbocycles. The van der Waals surface area contributed by atoms with Crippen molar-refractivity contribution >= 4 is 15.9 Å². The molecule has 0 aromatic heterocycles. The zero-order chi connectivity index (χ0) is 13.0. The molecule has 18 heavy (non-hydrogen) atoms. The molecule has 1 fully saturated rings. The average Bonchev–Trinajstić information content (AvgIpc) is 2.43. The van der Waals surface area contributed by atoms with E-state index in [2.05, 4.69) is 32.2 Å². The lowest BCUT2D eigenvalue weighted by Crippen LogP contribution is -2.44. The number of benzene rings is 1. The first kappa shape index (κ1) is 13.3. The smallest absolute Gasteiger partial charge is 0.125 e.